The summed E-state index contributed by atoms with van der Waals surface area (Å²) >= 11 is 0. The van der Waals surface area contributed by atoms with Gasteiger partial charge in [0.15, 0.2) is 0 Å². The highest BCUT2D eigenvalue weighted by atomic mass is 16.3. The molecular formula is C7H13NO2. The van der Waals surface area contributed by atoms with E-state index in [9.17, 15) is 4.79 Å². The smallest absolute Gasteiger partial charge is 0.249 e. The summed E-state index contributed by atoms with van der Waals surface area (Å²) < 4.78 is 0. The predicted molar refractivity (Wildman–Crippen MR) is 39.5 cm³/mol. The van der Waals surface area contributed by atoms with Gasteiger partial charge in [-0.2, -0.15) is 0 Å². The molecule has 0 aromatic carbocycles. The fraction of sp³-hybridized carbons (Fsp3) is 0.571. The molecule has 0 aromatic rings. The molecule has 2 N–H and O–H groups in total. The molecular weight excluding hydrogens is 130 g/mol. The molecule has 0 unspecified atom stereocenters. The van der Waals surface area contributed by atoms with E-state index in [0.717, 1.165) is 0 Å². The maximum atomic E-state index is 10.8. The lowest BCUT2D eigenvalue weighted by atomic mass is 10.3. The summed E-state index contributed by atoms with van der Waals surface area (Å²) in [6.45, 7) is 6.78. The quantitative estimate of drug-likeness (QED) is 0.549. The van der Waals surface area contributed by atoms with Gasteiger partial charge in [0, 0.05) is 11.6 Å². The van der Waals surface area contributed by atoms with Gasteiger partial charge < -0.3 is 10.4 Å². The lowest BCUT2D eigenvalue weighted by molar-refractivity contribution is -0.118. The van der Waals surface area contributed by atoms with Crippen LogP contribution in [0.15, 0.2) is 12.2 Å². The van der Waals surface area contributed by atoms with Crippen LogP contribution >= 0.6 is 0 Å². The summed E-state index contributed by atoms with van der Waals surface area (Å²) in [4.78, 5) is 10.8. The van der Waals surface area contributed by atoms with Gasteiger partial charge in [-0.15, -0.1) is 0 Å². The minimum Gasteiger partial charge on any atom is -0.391 e. The van der Waals surface area contributed by atoms with E-state index >= 15 is 0 Å². The molecule has 3 nitrogen and oxygen atoms in total. The van der Waals surface area contributed by atoms with Crippen LogP contribution in [0.25, 0.3) is 0 Å². The third-order valence-electron chi connectivity index (χ3n) is 0.932. The highest BCUT2D eigenvalue weighted by Crippen LogP contribution is 1.88. The Labute approximate surface area is 60.7 Å². The maximum absolute atomic E-state index is 10.8. The van der Waals surface area contributed by atoms with Gasteiger partial charge in [0.25, 0.3) is 0 Å². The molecule has 0 saturated heterocycles. The van der Waals surface area contributed by atoms with Crippen molar-refractivity contribution in [2.75, 3.05) is 6.61 Å². The molecule has 0 aliphatic heterocycles. The van der Waals surface area contributed by atoms with Gasteiger partial charge in [-0.25, -0.2) is 0 Å². The number of hydrogen-bond donors (Lipinski definition) is 2. The first-order valence-corrected chi connectivity index (χ1v) is 3.17. The zero-order valence-corrected chi connectivity index (χ0v) is 6.35. The molecule has 58 valence electrons. The van der Waals surface area contributed by atoms with Crippen LogP contribution in [0.1, 0.15) is 13.8 Å². The molecule has 0 heterocycles. The van der Waals surface area contributed by atoms with Crippen molar-refractivity contribution in [2.24, 2.45) is 0 Å². The van der Waals surface area contributed by atoms with Gasteiger partial charge in [-0.1, -0.05) is 6.58 Å². The molecule has 0 bridgehead atoms. The van der Waals surface area contributed by atoms with Gasteiger partial charge in [0.1, 0.15) is 0 Å². The van der Waals surface area contributed by atoms with Crippen molar-refractivity contribution >= 4 is 5.91 Å². The number of rotatable bonds is 3. The fourth-order valence-electron chi connectivity index (χ4n) is 0.436. The first kappa shape index (κ1) is 9.17. The molecule has 10 heavy (non-hydrogen) atoms. The lowest BCUT2D eigenvalue weighted by Crippen LogP contribution is -2.31. The maximum Gasteiger partial charge on any atom is 0.249 e. The zero-order chi connectivity index (χ0) is 8.15. The summed E-state index contributed by atoms with van der Waals surface area (Å²) in [6.07, 6.45) is 0. The molecule has 1 amide bonds. The molecule has 3 heteroatoms. The van der Waals surface area contributed by atoms with E-state index < -0.39 is 0 Å². The standard InChI is InChI=1S/C7H13NO2/c1-5(2)8-7(10)6(3)4-9/h5,9H,3-4H2,1-2H3,(H,8,10). The summed E-state index contributed by atoms with van der Waals surface area (Å²) in [6, 6.07) is 0.0933. The van der Waals surface area contributed by atoms with Gasteiger partial charge in [-0.3, -0.25) is 4.79 Å². The number of carbonyl (C=O) groups excluding carboxylic acids is 1. The van der Waals surface area contributed by atoms with Crippen LogP contribution in [-0.2, 0) is 4.79 Å². The van der Waals surface area contributed by atoms with Crippen molar-refractivity contribution in [2.45, 2.75) is 19.9 Å². The number of hydrogen-bond acceptors (Lipinski definition) is 2. The predicted octanol–water partition coefficient (Wildman–Crippen LogP) is 0.0595. The van der Waals surface area contributed by atoms with E-state index in [-0.39, 0.29) is 24.1 Å². The van der Waals surface area contributed by atoms with E-state index in [1.165, 1.54) is 0 Å². The molecule has 0 aliphatic rings. The molecule has 0 spiro atoms. The van der Waals surface area contributed by atoms with Gasteiger partial charge in [-0.05, 0) is 13.8 Å². The number of nitrogens with one attached hydrogen (secondary N) is 1. The van der Waals surface area contributed by atoms with Crippen molar-refractivity contribution in [1.29, 1.82) is 0 Å². The van der Waals surface area contributed by atoms with Crippen LogP contribution < -0.4 is 5.32 Å². The normalized spacial score (nSPS) is 9.60. The zero-order valence-electron chi connectivity index (χ0n) is 6.35. The van der Waals surface area contributed by atoms with Gasteiger partial charge >= 0.3 is 0 Å². The van der Waals surface area contributed by atoms with E-state index in [1.807, 2.05) is 13.8 Å². The minimum atomic E-state index is -0.280. The first-order valence-electron chi connectivity index (χ1n) is 3.17. The van der Waals surface area contributed by atoms with E-state index in [4.69, 9.17) is 5.11 Å². The average Bonchev–Trinajstić information content (AvgIpc) is 1.85. The molecule has 0 aromatic heterocycles. The summed E-state index contributed by atoms with van der Waals surface area (Å²) in [5.41, 5.74) is 0.202. The Morgan fingerprint density at radius 2 is 2.20 bits per heavy atom. The Morgan fingerprint density at radius 3 is 2.50 bits per heavy atom. The Hall–Kier alpha value is -0.830. The van der Waals surface area contributed by atoms with E-state index in [1.54, 1.807) is 0 Å². The Kier molecular flexibility index (Phi) is 3.72. The number of aliphatic hydroxyl groups excluding tert-OH is 1. The minimum absolute atomic E-state index is 0.0933. The molecule has 0 aliphatic carbocycles. The molecule has 0 rings (SSSR count). The van der Waals surface area contributed by atoms with Crippen LogP contribution in [0.5, 0.6) is 0 Å². The van der Waals surface area contributed by atoms with E-state index in [2.05, 4.69) is 11.9 Å². The Bertz CT molecular complexity index is 141. The van der Waals surface area contributed by atoms with Crippen molar-refractivity contribution in [3.63, 3.8) is 0 Å². The third kappa shape index (κ3) is 3.25. The average molecular weight is 143 g/mol. The lowest BCUT2D eigenvalue weighted by Gasteiger charge is -2.07. The Balaban J connectivity index is 3.74. The summed E-state index contributed by atoms with van der Waals surface area (Å²) in [5, 5.41) is 11.1. The molecule has 0 radical (unpaired) electrons. The van der Waals surface area contributed by atoms with Crippen molar-refractivity contribution in [3.05, 3.63) is 12.2 Å². The van der Waals surface area contributed by atoms with Crippen LogP contribution in [-0.4, -0.2) is 23.7 Å². The molecule has 0 saturated carbocycles. The third-order valence-corrected chi connectivity index (χ3v) is 0.932. The van der Waals surface area contributed by atoms with Gasteiger partial charge in [0.2, 0.25) is 5.91 Å². The number of amides is 1. The number of aliphatic hydroxyl groups is 1. The van der Waals surface area contributed by atoms with Crippen LogP contribution in [0.2, 0.25) is 0 Å². The summed E-state index contributed by atoms with van der Waals surface area (Å²) in [5.74, 6) is -0.280. The second-order valence-electron chi connectivity index (χ2n) is 2.39. The SMILES string of the molecule is C=C(CO)C(=O)NC(C)C. The highest BCUT2D eigenvalue weighted by molar-refractivity contribution is 5.93. The molecule has 0 atom stereocenters. The molecule has 0 fully saturated rings. The van der Waals surface area contributed by atoms with Crippen LogP contribution in [0, 0.1) is 0 Å². The Morgan fingerprint density at radius 1 is 1.70 bits per heavy atom. The van der Waals surface area contributed by atoms with Crippen molar-refractivity contribution in [3.8, 4) is 0 Å². The second-order valence-corrected chi connectivity index (χ2v) is 2.39. The van der Waals surface area contributed by atoms with Crippen LogP contribution in [0.4, 0.5) is 0 Å². The second kappa shape index (κ2) is 4.06. The first-order chi connectivity index (χ1) is 4.57. The van der Waals surface area contributed by atoms with Crippen LogP contribution in [0.3, 0.4) is 0 Å². The number of carbonyl (C=O) groups is 1. The fourth-order valence-corrected chi connectivity index (χ4v) is 0.436. The van der Waals surface area contributed by atoms with Gasteiger partial charge in [0.05, 0.1) is 6.61 Å². The van der Waals surface area contributed by atoms with Crippen molar-refractivity contribution in [1.82, 2.24) is 5.32 Å². The monoisotopic (exact) mass is 143 g/mol. The summed E-state index contributed by atoms with van der Waals surface area (Å²) in [7, 11) is 0. The largest absolute Gasteiger partial charge is 0.391 e. The topological polar surface area (TPSA) is 49.3 Å². The van der Waals surface area contributed by atoms with Crippen molar-refractivity contribution < 1.29 is 9.90 Å². The highest BCUT2D eigenvalue weighted by Gasteiger charge is 2.05. The van der Waals surface area contributed by atoms with E-state index in [0.29, 0.717) is 0 Å².